The molecule has 0 fully saturated rings. The van der Waals surface area contributed by atoms with Gasteiger partial charge in [-0.1, -0.05) is 60.7 Å². The van der Waals surface area contributed by atoms with Crippen LogP contribution in [0.3, 0.4) is 0 Å². The first-order valence-electron chi connectivity index (χ1n) is 9.07. The second-order valence-electron chi connectivity index (χ2n) is 6.59. The number of rotatable bonds is 3. The van der Waals surface area contributed by atoms with Crippen molar-refractivity contribution in [3.63, 3.8) is 0 Å². The molecule has 3 nitrogen and oxygen atoms in total. The Kier molecular flexibility index (Phi) is 4.62. The summed E-state index contributed by atoms with van der Waals surface area (Å²) in [5.74, 6) is 0. The predicted octanol–water partition coefficient (Wildman–Crippen LogP) is 5.35. The lowest BCUT2D eigenvalue weighted by Gasteiger charge is -2.21. The minimum Gasteiger partial charge on any atom is -0.309 e. The SMILES string of the molecule is Cc1c(-c2ccccc2)n(-c2ccccc2)c(-c2ccc(C#N)cc2)cc1=O. The van der Waals surface area contributed by atoms with Crippen molar-refractivity contribution in [2.24, 2.45) is 0 Å². The normalized spacial score (nSPS) is 10.4. The van der Waals surface area contributed by atoms with E-state index in [1.807, 2.05) is 79.7 Å². The Hall–Kier alpha value is -3.90. The first-order chi connectivity index (χ1) is 13.7. The van der Waals surface area contributed by atoms with Crippen molar-refractivity contribution in [3.8, 4) is 34.3 Å². The summed E-state index contributed by atoms with van der Waals surface area (Å²) in [6.07, 6.45) is 0. The highest BCUT2D eigenvalue weighted by Crippen LogP contribution is 2.31. The number of hydrogen-bond donors (Lipinski definition) is 0. The van der Waals surface area contributed by atoms with E-state index in [1.54, 1.807) is 18.2 Å². The number of para-hydroxylation sites is 1. The monoisotopic (exact) mass is 362 g/mol. The lowest BCUT2D eigenvalue weighted by Crippen LogP contribution is -2.15. The molecule has 0 unspecified atom stereocenters. The van der Waals surface area contributed by atoms with Crippen molar-refractivity contribution in [1.82, 2.24) is 4.57 Å². The molecule has 0 bridgehead atoms. The van der Waals surface area contributed by atoms with E-state index >= 15 is 0 Å². The van der Waals surface area contributed by atoms with E-state index < -0.39 is 0 Å². The van der Waals surface area contributed by atoms with Gasteiger partial charge in [0.15, 0.2) is 5.43 Å². The van der Waals surface area contributed by atoms with E-state index in [0.29, 0.717) is 11.1 Å². The number of nitriles is 1. The van der Waals surface area contributed by atoms with Crippen molar-refractivity contribution < 1.29 is 0 Å². The average Bonchev–Trinajstić information content (AvgIpc) is 2.76. The van der Waals surface area contributed by atoms with Crippen molar-refractivity contribution in [1.29, 1.82) is 5.26 Å². The van der Waals surface area contributed by atoms with E-state index in [9.17, 15) is 4.79 Å². The summed E-state index contributed by atoms with van der Waals surface area (Å²) in [7, 11) is 0. The van der Waals surface area contributed by atoms with Crippen molar-refractivity contribution in [2.45, 2.75) is 6.92 Å². The van der Waals surface area contributed by atoms with Gasteiger partial charge < -0.3 is 4.57 Å². The maximum Gasteiger partial charge on any atom is 0.185 e. The van der Waals surface area contributed by atoms with Crippen LogP contribution in [0, 0.1) is 18.3 Å². The first-order valence-corrected chi connectivity index (χ1v) is 9.07. The van der Waals surface area contributed by atoms with Crippen molar-refractivity contribution in [2.75, 3.05) is 0 Å². The van der Waals surface area contributed by atoms with Crippen molar-refractivity contribution in [3.05, 3.63) is 112 Å². The first kappa shape index (κ1) is 17.5. The van der Waals surface area contributed by atoms with E-state index in [1.165, 1.54) is 0 Å². The van der Waals surface area contributed by atoms with Gasteiger partial charge in [-0.15, -0.1) is 0 Å². The van der Waals surface area contributed by atoms with Gasteiger partial charge in [-0.2, -0.15) is 5.26 Å². The third-order valence-corrected chi connectivity index (χ3v) is 4.83. The lowest BCUT2D eigenvalue weighted by atomic mass is 10.0. The van der Waals surface area contributed by atoms with Crippen LogP contribution < -0.4 is 5.43 Å². The second kappa shape index (κ2) is 7.38. The molecule has 28 heavy (non-hydrogen) atoms. The van der Waals surface area contributed by atoms with Gasteiger partial charge in [0.1, 0.15) is 0 Å². The Morgan fingerprint density at radius 1 is 0.786 bits per heavy atom. The Morgan fingerprint density at radius 2 is 1.39 bits per heavy atom. The van der Waals surface area contributed by atoms with Gasteiger partial charge in [0.2, 0.25) is 0 Å². The van der Waals surface area contributed by atoms with E-state index in [0.717, 1.165) is 28.2 Å². The maximum absolute atomic E-state index is 12.8. The third kappa shape index (κ3) is 3.13. The largest absolute Gasteiger partial charge is 0.309 e. The summed E-state index contributed by atoms with van der Waals surface area (Å²) in [6.45, 7) is 1.87. The van der Waals surface area contributed by atoms with Gasteiger partial charge in [-0.25, -0.2) is 0 Å². The molecule has 0 spiro atoms. The van der Waals surface area contributed by atoms with Crippen LogP contribution in [0.2, 0.25) is 0 Å². The van der Waals surface area contributed by atoms with Crippen LogP contribution in [0.4, 0.5) is 0 Å². The minimum atomic E-state index is -0.00889. The fourth-order valence-corrected chi connectivity index (χ4v) is 3.42. The summed E-state index contributed by atoms with van der Waals surface area (Å²) < 4.78 is 2.12. The lowest BCUT2D eigenvalue weighted by molar-refractivity contribution is 1.04. The molecular formula is C25H18N2O. The van der Waals surface area contributed by atoms with Gasteiger partial charge >= 0.3 is 0 Å². The van der Waals surface area contributed by atoms with Gasteiger partial charge in [0.05, 0.1) is 23.0 Å². The quantitative estimate of drug-likeness (QED) is 0.493. The number of pyridine rings is 1. The zero-order valence-corrected chi connectivity index (χ0v) is 15.5. The second-order valence-corrected chi connectivity index (χ2v) is 6.59. The van der Waals surface area contributed by atoms with E-state index in [-0.39, 0.29) is 5.43 Å². The van der Waals surface area contributed by atoms with E-state index in [2.05, 4.69) is 10.6 Å². The van der Waals surface area contributed by atoms with Crippen LogP contribution in [-0.4, -0.2) is 4.57 Å². The topological polar surface area (TPSA) is 45.8 Å². The molecule has 134 valence electrons. The summed E-state index contributed by atoms with van der Waals surface area (Å²) in [5, 5.41) is 9.10. The molecular weight excluding hydrogens is 344 g/mol. The molecule has 0 aliphatic heterocycles. The Labute approximate surface area is 163 Å². The summed E-state index contributed by atoms with van der Waals surface area (Å²) in [5.41, 5.74) is 5.80. The zero-order chi connectivity index (χ0) is 19.5. The van der Waals surface area contributed by atoms with Crippen LogP contribution in [0.15, 0.2) is 95.8 Å². The van der Waals surface area contributed by atoms with Crippen molar-refractivity contribution >= 4 is 0 Å². The molecule has 1 heterocycles. The number of hydrogen-bond acceptors (Lipinski definition) is 2. The number of aromatic nitrogens is 1. The number of benzene rings is 3. The third-order valence-electron chi connectivity index (χ3n) is 4.83. The fraction of sp³-hybridized carbons (Fsp3) is 0.0400. The highest BCUT2D eigenvalue weighted by Gasteiger charge is 2.17. The highest BCUT2D eigenvalue weighted by atomic mass is 16.1. The predicted molar refractivity (Wildman–Crippen MR) is 112 cm³/mol. The molecule has 0 saturated carbocycles. The number of nitrogens with zero attached hydrogens (tertiary/aromatic N) is 2. The molecule has 0 aliphatic rings. The van der Waals surface area contributed by atoms with Gasteiger partial charge in [0, 0.05) is 17.3 Å². The maximum atomic E-state index is 12.8. The van der Waals surface area contributed by atoms with Crippen LogP contribution in [0.25, 0.3) is 28.2 Å². The van der Waals surface area contributed by atoms with Crippen LogP contribution in [0.1, 0.15) is 11.1 Å². The van der Waals surface area contributed by atoms with Gasteiger partial charge in [-0.3, -0.25) is 4.79 Å². The smallest absolute Gasteiger partial charge is 0.185 e. The molecule has 0 atom stereocenters. The zero-order valence-electron chi connectivity index (χ0n) is 15.5. The molecule has 4 aromatic rings. The van der Waals surface area contributed by atoms with Crippen LogP contribution in [-0.2, 0) is 0 Å². The summed E-state index contributed by atoms with van der Waals surface area (Å²) in [6, 6.07) is 31.1. The Morgan fingerprint density at radius 3 is 2.00 bits per heavy atom. The van der Waals surface area contributed by atoms with Crippen LogP contribution in [0.5, 0.6) is 0 Å². The molecule has 0 aliphatic carbocycles. The molecule has 1 aromatic heterocycles. The van der Waals surface area contributed by atoms with Gasteiger partial charge in [-0.05, 0) is 42.3 Å². The van der Waals surface area contributed by atoms with Gasteiger partial charge in [0.25, 0.3) is 0 Å². The summed E-state index contributed by atoms with van der Waals surface area (Å²) in [4.78, 5) is 12.8. The molecule has 3 aromatic carbocycles. The average molecular weight is 362 g/mol. The minimum absolute atomic E-state index is 0.00889. The van der Waals surface area contributed by atoms with Crippen LogP contribution >= 0.6 is 0 Å². The molecule has 0 saturated heterocycles. The Bertz CT molecular complexity index is 1220. The molecule has 0 radical (unpaired) electrons. The Balaban J connectivity index is 2.10. The molecule has 0 amide bonds. The fourth-order valence-electron chi connectivity index (χ4n) is 3.42. The highest BCUT2D eigenvalue weighted by molar-refractivity contribution is 5.73. The molecule has 4 rings (SSSR count). The molecule has 3 heteroatoms. The standard InChI is InChI=1S/C25H18N2O/c1-18-24(28)16-23(20-14-12-19(17-26)13-15-20)27(22-10-6-3-7-11-22)25(18)21-8-4-2-5-9-21/h2-16H,1H3. The summed E-state index contributed by atoms with van der Waals surface area (Å²) >= 11 is 0. The molecule has 0 N–H and O–H groups in total. The van der Waals surface area contributed by atoms with E-state index in [4.69, 9.17) is 5.26 Å².